The first-order valence-corrected chi connectivity index (χ1v) is 18.2. The number of aryl methyl sites for hydroxylation is 2. The molecule has 0 heterocycles. The normalized spacial score (nSPS) is 12.4. The minimum Gasteiger partial charge on any atom is -0.544 e. The molecule has 4 rings (SSSR count). The molecule has 0 saturated carbocycles. The first-order valence-electron chi connectivity index (χ1n) is 11.4. The van der Waals surface area contributed by atoms with Gasteiger partial charge in [-0.2, -0.15) is 0 Å². The summed E-state index contributed by atoms with van der Waals surface area (Å²) in [5, 5.41) is 4.88. The topological polar surface area (TPSA) is 18.5 Å². The van der Waals surface area contributed by atoms with Crippen LogP contribution >= 0.6 is 0 Å². The molecule has 0 aliphatic rings. The Kier molecular flexibility index (Phi) is 5.72. The molecule has 0 bridgehead atoms. The van der Waals surface area contributed by atoms with Crippen molar-refractivity contribution in [1.29, 1.82) is 0 Å². The lowest BCUT2D eigenvalue weighted by Crippen LogP contribution is -2.31. The summed E-state index contributed by atoms with van der Waals surface area (Å²) in [6.07, 6.45) is 0. The minimum absolute atomic E-state index is 0.999. The molecule has 0 aliphatic carbocycles. The second-order valence-electron chi connectivity index (χ2n) is 10.7. The van der Waals surface area contributed by atoms with Crippen LogP contribution in [0, 0.1) is 13.8 Å². The summed E-state index contributed by atoms with van der Waals surface area (Å²) in [6, 6.07) is 21.8. The lowest BCUT2D eigenvalue weighted by Gasteiger charge is -2.29. The zero-order valence-corrected chi connectivity index (χ0v) is 22.6. The van der Waals surface area contributed by atoms with E-state index in [1.165, 1.54) is 32.7 Å². The molecule has 0 aliphatic heterocycles. The van der Waals surface area contributed by atoms with E-state index in [2.05, 4.69) is 114 Å². The molecule has 4 aromatic rings. The van der Waals surface area contributed by atoms with Gasteiger partial charge in [-0.1, -0.05) is 48.5 Å². The van der Waals surface area contributed by atoms with E-state index < -0.39 is 16.6 Å². The Morgan fingerprint density at radius 3 is 1.22 bits per heavy atom. The van der Waals surface area contributed by atoms with Crippen LogP contribution in [0.4, 0.5) is 0 Å². The van der Waals surface area contributed by atoms with E-state index in [0.717, 1.165) is 22.6 Å². The summed E-state index contributed by atoms with van der Waals surface area (Å²) in [7, 11) is -3.72. The summed E-state index contributed by atoms with van der Waals surface area (Å²) in [4.78, 5) is 0. The van der Waals surface area contributed by atoms with Gasteiger partial charge in [-0.15, -0.1) is 0 Å². The maximum atomic E-state index is 6.79. The third kappa shape index (κ3) is 4.48. The molecule has 4 heteroatoms. The smallest absolute Gasteiger partial charge is 0.242 e. The van der Waals surface area contributed by atoms with Crippen molar-refractivity contribution in [2.45, 2.75) is 53.1 Å². The zero-order valence-electron chi connectivity index (χ0n) is 20.6. The third-order valence-electron chi connectivity index (χ3n) is 5.44. The van der Waals surface area contributed by atoms with Crippen LogP contribution in [-0.4, -0.2) is 16.6 Å². The molecule has 4 aromatic carbocycles. The van der Waals surface area contributed by atoms with Gasteiger partial charge in [0.1, 0.15) is 11.5 Å². The fourth-order valence-corrected chi connectivity index (χ4v) is 6.06. The van der Waals surface area contributed by atoms with E-state index in [1.54, 1.807) is 0 Å². The van der Waals surface area contributed by atoms with Crippen LogP contribution in [0.25, 0.3) is 32.7 Å². The average Bonchev–Trinajstić information content (AvgIpc) is 2.68. The predicted molar refractivity (Wildman–Crippen MR) is 144 cm³/mol. The summed E-state index contributed by atoms with van der Waals surface area (Å²) in [6.45, 7) is 17.8. The summed E-state index contributed by atoms with van der Waals surface area (Å²) in [5.74, 6) is 2.00. The van der Waals surface area contributed by atoms with E-state index in [4.69, 9.17) is 8.85 Å². The van der Waals surface area contributed by atoms with E-state index in [9.17, 15) is 0 Å². The van der Waals surface area contributed by atoms with Crippen LogP contribution in [-0.2, 0) is 0 Å². The molecule has 0 aromatic heterocycles. The fourth-order valence-electron chi connectivity index (χ4n) is 4.31. The standard InChI is InChI=1S/C28H34O2Si2/c1-19-17-21-13-9-11-15-23(21)25(27(19)29-31(3,4)5)26-24-16-12-10-14-22(24)18-20(2)28(26)30-32(6,7)8/h9-18H,1-8H3. The molecule has 0 radical (unpaired) electrons. The SMILES string of the molecule is Cc1cc2ccccc2c(-c2c(O[Si](C)(C)C)c(C)cc3ccccc23)c1O[Si](C)(C)C. The van der Waals surface area contributed by atoms with Crippen LogP contribution in [0.5, 0.6) is 11.5 Å². The van der Waals surface area contributed by atoms with Gasteiger partial charge in [0.05, 0.1) is 0 Å². The molecular formula is C28H34O2Si2. The highest BCUT2D eigenvalue weighted by Crippen LogP contribution is 2.49. The maximum absolute atomic E-state index is 6.79. The van der Waals surface area contributed by atoms with Gasteiger partial charge < -0.3 is 8.85 Å². The molecule has 0 saturated heterocycles. The average molecular weight is 459 g/mol. The van der Waals surface area contributed by atoms with Crippen molar-refractivity contribution in [3.8, 4) is 22.6 Å². The van der Waals surface area contributed by atoms with E-state index >= 15 is 0 Å². The van der Waals surface area contributed by atoms with Gasteiger partial charge in [0, 0.05) is 11.1 Å². The molecule has 166 valence electrons. The van der Waals surface area contributed by atoms with Crippen molar-refractivity contribution in [3.05, 3.63) is 71.8 Å². The second-order valence-corrected chi connectivity index (χ2v) is 19.5. The van der Waals surface area contributed by atoms with Gasteiger partial charge >= 0.3 is 0 Å². The molecule has 0 fully saturated rings. The lowest BCUT2D eigenvalue weighted by molar-refractivity contribution is 0.548. The van der Waals surface area contributed by atoms with Crippen molar-refractivity contribution in [2.75, 3.05) is 0 Å². The highest BCUT2D eigenvalue weighted by molar-refractivity contribution is 6.71. The number of fused-ring (bicyclic) bond motifs is 2. The highest BCUT2D eigenvalue weighted by Gasteiger charge is 2.28. The van der Waals surface area contributed by atoms with Crippen molar-refractivity contribution in [2.24, 2.45) is 0 Å². The first kappa shape index (κ1) is 22.6. The van der Waals surface area contributed by atoms with Gasteiger partial charge in [0.15, 0.2) is 0 Å². The van der Waals surface area contributed by atoms with Gasteiger partial charge in [-0.05, 0) is 97.9 Å². The second kappa shape index (κ2) is 8.09. The molecular weight excluding hydrogens is 424 g/mol. The molecule has 0 spiro atoms. The predicted octanol–water partition coefficient (Wildman–Crippen LogP) is 8.70. The quantitative estimate of drug-likeness (QED) is 0.278. The molecule has 0 unspecified atom stereocenters. The van der Waals surface area contributed by atoms with Crippen molar-refractivity contribution < 1.29 is 8.85 Å². The van der Waals surface area contributed by atoms with E-state index in [0.29, 0.717) is 0 Å². The Balaban J connectivity index is 2.22. The lowest BCUT2D eigenvalue weighted by atomic mass is 9.89. The Morgan fingerprint density at radius 2 is 0.875 bits per heavy atom. The molecule has 2 nitrogen and oxygen atoms in total. The van der Waals surface area contributed by atoms with Gasteiger partial charge in [-0.3, -0.25) is 0 Å². The summed E-state index contributed by atoms with van der Waals surface area (Å²) >= 11 is 0. The van der Waals surface area contributed by atoms with Crippen molar-refractivity contribution >= 4 is 38.2 Å². The number of hydrogen-bond donors (Lipinski definition) is 0. The summed E-state index contributed by atoms with van der Waals surface area (Å²) < 4.78 is 13.6. The van der Waals surface area contributed by atoms with Crippen molar-refractivity contribution in [3.63, 3.8) is 0 Å². The molecule has 0 N–H and O–H groups in total. The molecule has 0 amide bonds. The van der Waals surface area contributed by atoms with Crippen LogP contribution < -0.4 is 8.85 Å². The largest absolute Gasteiger partial charge is 0.544 e. The molecule has 0 atom stereocenters. The number of rotatable bonds is 5. The minimum atomic E-state index is -1.86. The first-order chi connectivity index (χ1) is 14.9. The van der Waals surface area contributed by atoms with E-state index in [-0.39, 0.29) is 0 Å². The van der Waals surface area contributed by atoms with Crippen molar-refractivity contribution in [1.82, 2.24) is 0 Å². The summed E-state index contributed by atoms with van der Waals surface area (Å²) in [5.41, 5.74) is 4.67. The van der Waals surface area contributed by atoms with Crippen LogP contribution in [0.3, 0.4) is 0 Å². The van der Waals surface area contributed by atoms with Crippen LogP contribution in [0.2, 0.25) is 39.3 Å². The Bertz CT molecular complexity index is 1210. The monoisotopic (exact) mass is 458 g/mol. The highest BCUT2D eigenvalue weighted by atomic mass is 28.4. The zero-order chi connectivity index (χ0) is 23.3. The Labute approximate surface area is 194 Å². The Morgan fingerprint density at radius 1 is 0.531 bits per heavy atom. The van der Waals surface area contributed by atoms with Gasteiger partial charge in [0.25, 0.3) is 0 Å². The molecule has 32 heavy (non-hydrogen) atoms. The fraction of sp³-hybridized carbons (Fsp3) is 0.286. The maximum Gasteiger partial charge on any atom is 0.242 e. The van der Waals surface area contributed by atoms with Crippen LogP contribution in [0.1, 0.15) is 11.1 Å². The number of hydrogen-bond acceptors (Lipinski definition) is 2. The number of benzene rings is 4. The third-order valence-corrected chi connectivity index (χ3v) is 7.07. The van der Waals surface area contributed by atoms with Gasteiger partial charge in [0.2, 0.25) is 16.6 Å². The Hall–Kier alpha value is -2.57. The van der Waals surface area contributed by atoms with Crippen LogP contribution in [0.15, 0.2) is 60.7 Å². The van der Waals surface area contributed by atoms with E-state index in [1.807, 2.05) is 0 Å². The van der Waals surface area contributed by atoms with Gasteiger partial charge in [-0.25, -0.2) is 0 Å².